The van der Waals surface area contributed by atoms with Crippen molar-refractivity contribution in [3.05, 3.63) is 100 Å². The van der Waals surface area contributed by atoms with Gasteiger partial charge >= 0.3 is 0 Å². The van der Waals surface area contributed by atoms with E-state index in [4.69, 9.17) is 0 Å². The van der Waals surface area contributed by atoms with Gasteiger partial charge in [0.25, 0.3) is 5.91 Å². The van der Waals surface area contributed by atoms with Gasteiger partial charge in [-0.25, -0.2) is 13.8 Å². The second-order valence-corrected chi connectivity index (χ2v) is 12.0. The smallest absolute Gasteiger partial charge is 0.255 e. The number of hydrazone groups is 1. The lowest BCUT2D eigenvalue weighted by Gasteiger charge is -2.24. The van der Waals surface area contributed by atoms with Crippen LogP contribution < -0.4 is 5.43 Å². The molecule has 0 bridgehead atoms. The first-order valence-corrected chi connectivity index (χ1v) is 13.4. The van der Waals surface area contributed by atoms with Crippen LogP contribution in [0.5, 0.6) is 0 Å². The van der Waals surface area contributed by atoms with Crippen LogP contribution in [0.3, 0.4) is 0 Å². The molecule has 7 heteroatoms. The molecule has 0 aliphatic heterocycles. The van der Waals surface area contributed by atoms with E-state index in [2.05, 4.69) is 31.3 Å². The minimum absolute atomic E-state index is 0.0474. The Morgan fingerprint density at radius 1 is 0.944 bits per heavy atom. The Labute approximate surface area is 215 Å². The summed E-state index contributed by atoms with van der Waals surface area (Å²) in [4.78, 5) is 13.0. The topological polar surface area (TPSA) is 78.8 Å². The van der Waals surface area contributed by atoms with E-state index in [1.165, 1.54) is 9.87 Å². The quantitative estimate of drug-likeness (QED) is 0.335. The summed E-state index contributed by atoms with van der Waals surface area (Å²) in [7, 11) is -3.95. The highest BCUT2D eigenvalue weighted by Gasteiger charge is 2.30. The Morgan fingerprint density at radius 3 is 2.08 bits per heavy atom. The van der Waals surface area contributed by atoms with Gasteiger partial charge in [0.1, 0.15) is 0 Å². The Morgan fingerprint density at radius 2 is 1.53 bits per heavy atom. The summed E-state index contributed by atoms with van der Waals surface area (Å²) < 4.78 is 28.7. The molecule has 1 N–H and O–H groups in total. The predicted octanol–water partition coefficient (Wildman–Crippen LogP) is 5.25. The first-order chi connectivity index (χ1) is 16.9. The van der Waals surface area contributed by atoms with Crippen LogP contribution in [-0.2, 0) is 26.8 Å². The molecule has 3 aromatic rings. The standard InChI is InChI=1S/C29H35N3O3S/c1-21-16-22(2)28(23(3)17-21)36(34,35)32(19-25-10-8-7-9-11-25)20-27(33)31-30-18-24-12-14-26(15-13-24)29(4,5)6/h7-18H,19-20H2,1-6H3,(H,31,33)/b30-18-. The van der Waals surface area contributed by atoms with Crippen molar-refractivity contribution in [2.24, 2.45) is 5.10 Å². The van der Waals surface area contributed by atoms with Crippen molar-refractivity contribution < 1.29 is 13.2 Å². The average molecular weight is 506 g/mol. The first kappa shape index (κ1) is 27.3. The van der Waals surface area contributed by atoms with Crippen LogP contribution in [0.1, 0.15) is 54.2 Å². The highest BCUT2D eigenvalue weighted by molar-refractivity contribution is 7.89. The summed E-state index contributed by atoms with van der Waals surface area (Å²) in [5.74, 6) is -0.514. The zero-order chi connectivity index (χ0) is 26.5. The highest BCUT2D eigenvalue weighted by atomic mass is 32.2. The summed E-state index contributed by atoms with van der Waals surface area (Å²) in [5, 5.41) is 4.05. The molecule has 0 radical (unpaired) electrons. The third kappa shape index (κ3) is 6.89. The average Bonchev–Trinajstić information content (AvgIpc) is 2.78. The molecule has 1 amide bonds. The van der Waals surface area contributed by atoms with Crippen LogP contribution in [0.2, 0.25) is 0 Å². The summed E-state index contributed by atoms with van der Waals surface area (Å²) in [5.41, 5.74) is 7.65. The van der Waals surface area contributed by atoms with Gasteiger partial charge in [0.15, 0.2) is 0 Å². The molecular formula is C29H35N3O3S. The number of aryl methyl sites for hydroxylation is 3. The Hall–Kier alpha value is -3.29. The Kier molecular flexibility index (Phi) is 8.48. The molecule has 6 nitrogen and oxygen atoms in total. The molecule has 0 fully saturated rings. The fourth-order valence-electron chi connectivity index (χ4n) is 4.16. The molecular weight excluding hydrogens is 470 g/mol. The monoisotopic (exact) mass is 505 g/mol. The summed E-state index contributed by atoms with van der Waals surface area (Å²) in [6.45, 7) is 11.6. The van der Waals surface area contributed by atoms with E-state index >= 15 is 0 Å². The number of hydrogen-bond acceptors (Lipinski definition) is 4. The number of nitrogens with one attached hydrogen (secondary N) is 1. The maximum Gasteiger partial charge on any atom is 0.255 e. The van der Waals surface area contributed by atoms with Crippen LogP contribution in [0, 0.1) is 20.8 Å². The molecule has 0 heterocycles. The molecule has 0 unspecified atom stereocenters. The van der Waals surface area contributed by atoms with Crippen molar-refractivity contribution in [3.8, 4) is 0 Å². The number of hydrogen-bond donors (Lipinski definition) is 1. The number of rotatable bonds is 8. The first-order valence-electron chi connectivity index (χ1n) is 11.9. The lowest BCUT2D eigenvalue weighted by molar-refractivity contribution is -0.121. The van der Waals surface area contributed by atoms with Crippen molar-refractivity contribution in [1.29, 1.82) is 0 Å². The fourth-order valence-corrected chi connectivity index (χ4v) is 5.96. The largest absolute Gasteiger partial charge is 0.272 e. The van der Waals surface area contributed by atoms with Gasteiger partial charge in [-0.3, -0.25) is 4.79 Å². The van der Waals surface area contributed by atoms with E-state index in [0.29, 0.717) is 11.1 Å². The Bertz CT molecular complexity index is 1320. The lowest BCUT2D eigenvalue weighted by atomic mass is 9.87. The van der Waals surface area contributed by atoms with Crippen LogP contribution in [0.4, 0.5) is 0 Å². The molecule has 3 rings (SSSR count). The lowest BCUT2D eigenvalue weighted by Crippen LogP contribution is -2.39. The van der Waals surface area contributed by atoms with E-state index in [1.807, 2.05) is 73.7 Å². The number of benzene rings is 3. The maximum absolute atomic E-state index is 13.7. The van der Waals surface area contributed by atoms with Crippen LogP contribution >= 0.6 is 0 Å². The summed E-state index contributed by atoms with van der Waals surface area (Å²) in [6.07, 6.45) is 1.55. The number of sulfonamides is 1. The third-order valence-electron chi connectivity index (χ3n) is 5.90. The predicted molar refractivity (Wildman–Crippen MR) is 146 cm³/mol. The van der Waals surface area contributed by atoms with Gasteiger partial charge in [-0.05, 0) is 54.0 Å². The molecule has 3 aromatic carbocycles. The van der Waals surface area contributed by atoms with Gasteiger partial charge in [0.2, 0.25) is 10.0 Å². The van der Waals surface area contributed by atoms with Crippen molar-refractivity contribution in [1.82, 2.24) is 9.73 Å². The third-order valence-corrected chi connectivity index (χ3v) is 8.00. The molecule has 36 heavy (non-hydrogen) atoms. The number of amides is 1. The second-order valence-electron chi connectivity index (χ2n) is 10.2. The van der Waals surface area contributed by atoms with Crippen LogP contribution in [0.15, 0.2) is 76.7 Å². The van der Waals surface area contributed by atoms with Gasteiger partial charge in [-0.2, -0.15) is 9.41 Å². The minimum atomic E-state index is -3.95. The van der Waals surface area contributed by atoms with Crippen molar-refractivity contribution in [3.63, 3.8) is 0 Å². The summed E-state index contributed by atoms with van der Waals surface area (Å²) >= 11 is 0. The molecule has 0 saturated carbocycles. The Balaban J connectivity index is 1.81. The number of nitrogens with zero attached hydrogens (tertiary/aromatic N) is 2. The number of carbonyl (C=O) groups excluding carboxylic acids is 1. The van der Waals surface area contributed by atoms with E-state index in [9.17, 15) is 13.2 Å². The molecule has 0 aromatic heterocycles. The zero-order valence-corrected chi connectivity index (χ0v) is 22.7. The van der Waals surface area contributed by atoms with E-state index < -0.39 is 15.9 Å². The molecule has 190 valence electrons. The molecule has 0 spiro atoms. The fraction of sp³-hybridized carbons (Fsp3) is 0.310. The zero-order valence-electron chi connectivity index (χ0n) is 21.9. The SMILES string of the molecule is Cc1cc(C)c(S(=O)(=O)N(CC(=O)N/N=C\c2ccc(C(C)(C)C)cc2)Cc2ccccc2)c(C)c1. The van der Waals surface area contributed by atoms with Crippen molar-refractivity contribution in [2.75, 3.05) is 6.54 Å². The van der Waals surface area contributed by atoms with Crippen LogP contribution in [0.25, 0.3) is 0 Å². The molecule has 0 aliphatic carbocycles. The summed E-state index contributed by atoms with van der Waals surface area (Å²) in [6, 6.07) is 20.9. The van der Waals surface area contributed by atoms with Gasteiger partial charge in [0.05, 0.1) is 17.7 Å². The molecule has 0 saturated heterocycles. The molecule has 0 atom stereocenters. The minimum Gasteiger partial charge on any atom is -0.272 e. The normalized spacial score (nSPS) is 12.3. The maximum atomic E-state index is 13.7. The van der Waals surface area contributed by atoms with E-state index in [-0.39, 0.29) is 23.4 Å². The van der Waals surface area contributed by atoms with Crippen LogP contribution in [-0.4, -0.2) is 31.4 Å². The van der Waals surface area contributed by atoms with E-state index in [0.717, 1.165) is 16.7 Å². The van der Waals surface area contributed by atoms with Gasteiger partial charge < -0.3 is 0 Å². The van der Waals surface area contributed by atoms with Gasteiger partial charge in [-0.15, -0.1) is 0 Å². The van der Waals surface area contributed by atoms with Gasteiger partial charge in [0, 0.05) is 6.54 Å². The van der Waals surface area contributed by atoms with Crippen molar-refractivity contribution >= 4 is 22.1 Å². The van der Waals surface area contributed by atoms with E-state index in [1.54, 1.807) is 20.1 Å². The van der Waals surface area contributed by atoms with Gasteiger partial charge in [-0.1, -0.05) is 93.1 Å². The second kappa shape index (κ2) is 11.2. The van der Waals surface area contributed by atoms with Crippen molar-refractivity contribution in [2.45, 2.75) is 58.4 Å². The number of carbonyl (C=O) groups is 1. The highest BCUT2D eigenvalue weighted by Crippen LogP contribution is 2.26. The molecule has 0 aliphatic rings.